The third-order valence-electron chi connectivity index (χ3n) is 5.13. The Kier molecular flexibility index (Phi) is 6.11. The minimum atomic E-state index is -0.0432. The summed E-state index contributed by atoms with van der Waals surface area (Å²) in [5.74, 6) is 1.68. The third-order valence-corrected chi connectivity index (χ3v) is 5.13. The van der Waals surface area contributed by atoms with Gasteiger partial charge in [-0.2, -0.15) is 0 Å². The van der Waals surface area contributed by atoms with E-state index in [0.29, 0.717) is 0 Å². The lowest BCUT2D eigenvalue weighted by atomic mass is 9.79. The molecule has 1 heterocycles. The van der Waals surface area contributed by atoms with Crippen LogP contribution in [-0.4, -0.2) is 48.3 Å². The SMILES string of the molecule is CC1CCCC(C)C1NCCCN1CCC(O)CC1. The van der Waals surface area contributed by atoms with E-state index in [2.05, 4.69) is 24.1 Å². The van der Waals surface area contributed by atoms with E-state index < -0.39 is 0 Å². The maximum Gasteiger partial charge on any atom is 0.0564 e. The molecule has 112 valence electrons. The summed E-state index contributed by atoms with van der Waals surface area (Å²) < 4.78 is 0. The zero-order valence-corrected chi connectivity index (χ0v) is 12.8. The second kappa shape index (κ2) is 7.61. The first-order chi connectivity index (χ1) is 9.16. The molecule has 2 aliphatic rings. The molecule has 0 aromatic heterocycles. The highest BCUT2D eigenvalue weighted by atomic mass is 16.3. The van der Waals surface area contributed by atoms with Crippen molar-refractivity contribution in [2.24, 2.45) is 11.8 Å². The second-order valence-corrected chi connectivity index (χ2v) is 6.79. The van der Waals surface area contributed by atoms with Gasteiger partial charge in [-0.25, -0.2) is 0 Å². The summed E-state index contributed by atoms with van der Waals surface area (Å²) in [6.07, 6.45) is 7.33. The first kappa shape index (κ1) is 15.3. The molecule has 0 radical (unpaired) electrons. The molecule has 2 fully saturated rings. The van der Waals surface area contributed by atoms with Crippen LogP contribution in [0.15, 0.2) is 0 Å². The van der Waals surface area contributed by atoms with Gasteiger partial charge in [-0.3, -0.25) is 0 Å². The highest BCUT2D eigenvalue weighted by Crippen LogP contribution is 2.28. The molecule has 1 aliphatic carbocycles. The van der Waals surface area contributed by atoms with Gasteiger partial charge in [-0.15, -0.1) is 0 Å². The number of piperidine rings is 1. The smallest absolute Gasteiger partial charge is 0.0564 e. The van der Waals surface area contributed by atoms with E-state index >= 15 is 0 Å². The summed E-state index contributed by atoms with van der Waals surface area (Å²) in [5.41, 5.74) is 0. The summed E-state index contributed by atoms with van der Waals surface area (Å²) in [6, 6.07) is 0.733. The molecular formula is C16H32N2O. The highest BCUT2D eigenvalue weighted by Gasteiger charge is 2.26. The van der Waals surface area contributed by atoms with E-state index in [9.17, 15) is 5.11 Å². The van der Waals surface area contributed by atoms with Crippen molar-refractivity contribution in [3.63, 3.8) is 0 Å². The number of likely N-dealkylation sites (tertiary alicyclic amines) is 1. The van der Waals surface area contributed by atoms with Crippen LogP contribution in [0.2, 0.25) is 0 Å². The minimum absolute atomic E-state index is 0.0432. The molecule has 1 saturated heterocycles. The normalized spacial score (nSPS) is 34.6. The van der Waals surface area contributed by atoms with E-state index in [1.165, 1.54) is 32.2 Å². The second-order valence-electron chi connectivity index (χ2n) is 6.79. The minimum Gasteiger partial charge on any atom is -0.393 e. The van der Waals surface area contributed by atoms with E-state index in [1.807, 2.05) is 0 Å². The average molecular weight is 268 g/mol. The van der Waals surface area contributed by atoms with Gasteiger partial charge in [0.25, 0.3) is 0 Å². The van der Waals surface area contributed by atoms with Crippen LogP contribution >= 0.6 is 0 Å². The quantitative estimate of drug-likeness (QED) is 0.751. The van der Waals surface area contributed by atoms with Gasteiger partial charge in [0.1, 0.15) is 0 Å². The predicted octanol–water partition coefficient (Wildman–Crippen LogP) is 2.25. The van der Waals surface area contributed by atoms with Gasteiger partial charge in [0.05, 0.1) is 6.10 Å². The van der Waals surface area contributed by atoms with Gasteiger partial charge >= 0.3 is 0 Å². The molecule has 2 atom stereocenters. The Morgan fingerprint density at radius 3 is 2.32 bits per heavy atom. The van der Waals surface area contributed by atoms with Crippen molar-refractivity contribution < 1.29 is 5.11 Å². The Morgan fingerprint density at radius 1 is 1.05 bits per heavy atom. The summed E-state index contributed by atoms with van der Waals surface area (Å²) in [5, 5.41) is 13.3. The lowest BCUT2D eigenvalue weighted by Crippen LogP contribution is -2.44. The molecular weight excluding hydrogens is 236 g/mol. The van der Waals surface area contributed by atoms with Gasteiger partial charge in [0.2, 0.25) is 0 Å². The van der Waals surface area contributed by atoms with E-state index in [0.717, 1.165) is 50.4 Å². The Morgan fingerprint density at radius 2 is 1.68 bits per heavy atom. The fourth-order valence-corrected chi connectivity index (χ4v) is 3.80. The zero-order valence-electron chi connectivity index (χ0n) is 12.8. The summed E-state index contributed by atoms with van der Waals surface area (Å²) >= 11 is 0. The van der Waals surface area contributed by atoms with Crippen molar-refractivity contribution in [2.75, 3.05) is 26.2 Å². The maximum atomic E-state index is 9.49. The largest absolute Gasteiger partial charge is 0.393 e. The number of aliphatic hydroxyl groups is 1. The zero-order chi connectivity index (χ0) is 13.7. The topological polar surface area (TPSA) is 35.5 Å². The van der Waals surface area contributed by atoms with Crippen LogP contribution in [-0.2, 0) is 0 Å². The van der Waals surface area contributed by atoms with Crippen LogP contribution < -0.4 is 5.32 Å². The van der Waals surface area contributed by atoms with Crippen molar-refractivity contribution in [3.8, 4) is 0 Å². The van der Waals surface area contributed by atoms with Crippen molar-refractivity contribution in [3.05, 3.63) is 0 Å². The first-order valence-electron chi connectivity index (χ1n) is 8.30. The number of nitrogens with zero attached hydrogens (tertiary/aromatic N) is 1. The van der Waals surface area contributed by atoms with Crippen molar-refractivity contribution in [1.82, 2.24) is 10.2 Å². The monoisotopic (exact) mass is 268 g/mol. The van der Waals surface area contributed by atoms with Crippen molar-refractivity contribution in [2.45, 2.75) is 64.5 Å². The van der Waals surface area contributed by atoms with E-state index in [4.69, 9.17) is 0 Å². The van der Waals surface area contributed by atoms with E-state index in [1.54, 1.807) is 0 Å². The van der Waals surface area contributed by atoms with Crippen LogP contribution in [0.5, 0.6) is 0 Å². The van der Waals surface area contributed by atoms with Crippen LogP contribution in [0.3, 0.4) is 0 Å². The molecule has 3 heteroatoms. The fraction of sp³-hybridized carbons (Fsp3) is 1.00. The predicted molar refractivity (Wildman–Crippen MR) is 80.3 cm³/mol. The maximum absolute atomic E-state index is 9.49. The summed E-state index contributed by atoms with van der Waals surface area (Å²) in [4.78, 5) is 2.50. The number of aliphatic hydroxyl groups excluding tert-OH is 1. The van der Waals surface area contributed by atoms with Gasteiger partial charge in [-0.05, 0) is 57.0 Å². The Hall–Kier alpha value is -0.120. The lowest BCUT2D eigenvalue weighted by Gasteiger charge is -2.35. The van der Waals surface area contributed by atoms with Crippen molar-refractivity contribution in [1.29, 1.82) is 0 Å². The molecule has 2 unspecified atom stereocenters. The lowest BCUT2D eigenvalue weighted by molar-refractivity contribution is 0.0816. The van der Waals surface area contributed by atoms with Crippen LogP contribution in [0.1, 0.15) is 52.4 Å². The fourth-order valence-electron chi connectivity index (χ4n) is 3.80. The Labute approximate surface area is 118 Å². The van der Waals surface area contributed by atoms with E-state index in [-0.39, 0.29) is 6.10 Å². The third kappa shape index (κ3) is 4.73. The molecule has 1 aliphatic heterocycles. The molecule has 0 amide bonds. The Balaban J connectivity index is 1.58. The molecule has 2 rings (SSSR count). The first-order valence-corrected chi connectivity index (χ1v) is 8.30. The molecule has 2 N–H and O–H groups in total. The molecule has 0 aromatic rings. The van der Waals surface area contributed by atoms with Gasteiger partial charge in [0, 0.05) is 19.1 Å². The van der Waals surface area contributed by atoms with Crippen LogP contribution in [0.25, 0.3) is 0 Å². The molecule has 1 saturated carbocycles. The Bertz CT molecular complexity index is 241. The summed E-state index contributed by atoms with van der Waals surface area (Å²) in [6.45, 7) is 9.31. The summed E-state index contributed by atoms with van der Waals surface area (Å²) in [7, 11) is 0. The van der Waals surface area contributed by atoms with Crippen LogP contribution in [0.4, 0.5) is 0 Å². The van der Waals surface area contributed by atoms with Gasteiger partial charge < -0.3 is 15.3 Å². The van der Waals surface area contributed by atoms with Gasteiger partial charge in [-0.1, -0.05) is 20.3 Å². The number of hydrogen-bond donors (Lipinski definition) is 2. The number of nitrogens with one attached hydrogen (secondary N) is 1. The average Bonchev–Trinajstić information content (AvgIpc) is 2.39. The van der Waals surface area contributed by atoms with Crippen LogP contribution in [0, 0.1) is 11.8 Å². The highest BCUT2D eigenvalue weighted by molar-refractivity contribution is 4.83. The standard InChI is InChI=1S/C16H32N2O/c1-13-5-3-6-14(2)16(13)17-9-4-10-18-11-7-15(19)8-12-18/h13-17,19H,3-12H2,1-2H3. The number of rotatable bonds is 5. The number of hydrogen-bond acceptors (Lipinski definition) is 3. The van der Waals surface area contributed by atoms with Crippen molar-refractivity contribution >= 4 is 0 Å². The van der Waals surface area contributed by atoms with Gasteiger partial charge in [0.15, 0.2) is 0 Å². The molecule has 0 bridgehead atoms. The molecule has 3 nitrogen and oxygen atoms in total. The molecule has 0 aromatic carbocycles. The molecule has 19 heavy (non-hydrogen) atoms. The molecule has 0 spiro atoms.